The van der Waals surface area contributed by atoms with Gasteiger partial charge < -0.3 is 15.0 Å². The van der Waals surface area contributed by atoms with Crippen LogP contribution >= 0.6 is 0 Å². The van der Waals surface area contributed by atoms with Gasteiger partial charge in [0.1, 0.15) is 0 Å². The molecule has 0 bridgehead atoms. The molecule has 0 spiro atoms. The minimum Gasteiger partial charge on any atom is -0.456 e. The lowest BCUT2D eigenvalue weighted by Crippen LogP contribution is -2.43. The van der Waals surface area contributed by atoms with Crippen LogP contribution in [0.15, 0.2) is 30.3 Å². The molecule has 6 heteroatoms. The number of nitrogens with one attached hydrogen (secondary N) is 1. The Kier molecular flexibility index (Phi) is 8.30. The number of carbonyl (C=O) groups excluding carboxylic acids is 3. The van der Waals surface area contributed by atoms with Crippen molar-refractivity contribution in [1.82, 2.24) is 10.2 Å². The lowest BCUT2D eigenvalue weighted by molar-refractivity contribution is -0.153. The molecule has 1 unspecified atom stereocenters. The van der Waals surface area contributed by atoms with Crippen LogP contribution in [-0.2, 0) is 14.3 Å². The van der Waals surface area contributed by atoms with Gasteiger partial charge in [-0.2, -0.15) is 0 Å². The molecule has 6 nitrogen and oxygen atoms in total. The molecular formula is C21H30N2O4. The first kappa shape index (κ1) is 20.9. The van der Waals surface area contributed by atoms with E-state index < -0.39 is 5.97 Å². The summed E-state index contributed by atoms with van der Waals surface area (Å²) >= 11 is 0. The Labute approximate surface area is 161 Å². The van der Waals surface area contributed by atoms with Gasteiger partial charge in [-0.1, -0.05) is 37.5 Å². The normalized spacial score (nSPS) is 15.6. The van der Waals surface area contributed by atoms with E-state index in [2.05, 4.69) is 5.32 Å². The molecule has 1 aromatic rings. The van der Waals surface area contributed by atoms with Crippen molar-refractivity contribution >= 4 is 17.8 Å². The molecule has 1 N–H and O–H groups in total. The van der Waals surface area contributed by atoms with Crippen LogP contribution in [0.1, 0.15) is 62.7 Å². The van der Waals surface area contributed by atoms with Crippen molar-refractivity contribution in [3.63, 3.8) is 0 Å². The topological polar surface area (TPSA) is 75.7 Å². The van der Waals surface area contributed by atoms with E-state index in [1.165, 1.54) is 6.42 Å². The lowest BCUT2D eigenvalue weighted by atomic mass is 9.94. The van der Waals surface area contributed by atoms with Crippen LogP contribution < -0.4 is 5.32 Å². The van der Waals surface area contributed by atoms with Gasteiger partial charge in [-0.05, 0) is 38.8 Å². The van der Waals surface area contributed by atoms with Gasteiger partial charge in [0.2, 0.25) is 0 Å². The summed E-state index contributed by atoms with van der Waals surface area (Å²) in [5.41, 5.74) is 0.541. The largest absolute Gasteiger partial charge is 0.456 e. The third-order valence-electron chi connectivity index (χ3n) is 4.92. The second-order valence-electron chi connectivity index (χ2n) is 7.08. The van der Waals surface area contributed by atoms with Gasteiger partial charge in [-0.25, -0.2) is 0 Å². The van der Waals surface area contributed by atoms with E-state index >= 15 is 0 Å². The molecule has 1 aliphatic carbocycles. The van der Waals surface area contributed by atoms with E-state index in [0.717, 1.165) is 25.7 Å². The highest BCUT2D eigenvalue weighted by molar-refractivity contribution is 5.94. The molecule has 1 atom stereocenters. The third kappa shape index (κ3) is 6.70. The molecular weight excluding hydrogens is 344 g/mol. The summed E-state index contributed by atoms with van der Waals surface area (Å²) in [4.78, 5) is 38.3. The summed E-state index contributed by atoms with van der Waals surface area (Å²) in [6, 6.07) is 8.71. The Morgan fingerprint density at radius 3 is 2.44 bits per heavy atom. The number of ether oxygens (including phenoxy) is 1. The van der Waals surface area contributed by atoms with E-state index in [1.807, 2.05) is 17.9 Å². The van der Waals surface area contributed by atoms with Gasteiger partial charge in [0.25, 0.3) is 11.8 Å². The minimum absolute atomic E-state index is 0.0292. The second-order valence-corrected chi connectivity index (χ2v) is 7.08. The smallest absolute Gasteiger partial charge is 0.308 e. The summed E-state index contributed by atoms with van der Waals surface area (Å²) in [5, 5.41) is 2.77. The van der Waals surface area contributed by atoms with Gasteiger partial charge in [-0.3, -0.25) is 14.4 Å². The number of carbonyl (C=O) groups is 3. The van der Waals surface area contributed by atoms with Crippen LogP contribution in [0.25, 0.3) is 0 Å². The first-order chi connectivity index (χ1) is 13.0. The number of hydrogen-bond donors (Lipinski definition) is 1. The van der Waals surface area contributed by atoms with Crippen molar-refractivity contribution in [2.75, 3.05) is 13.2 Å². The zero-order chi connectivity index (χ0) is 19.6. The number of nitrogens with zero attached hydrogens (tertiary/aromatic N) is 1. The van der Waals surface area contributed by atoms with E-state index in [0.29, 0.717) is 12.1 Å². The summed E-state index contributed by atoms with van der Waals surface area (Å²) < 4.78 is 5.15. The van der Waals surface area contributed by atoms with E-state index in [1.54, 1.807) is 31.2 Å². The molecule has 2 rings (SSSR count). The minimum atomic E-state index is -0.482. The maximum Gasteiger partial charge on any atom is 0.308 e. The van der Waals surface area contributed by atoms with E-state index in [-0.39, 0.29) is 36.9 Å². The Balaban J connectivity index is 1.74. The number of esters is 1. The van der Waals surface area contributed by atoms with Gasteiger partial charge in [0, 0.05) is 24.2 Å². The fourth-order valence-corrected chi connectivity index (χ4v) is 3.51. The van der Waals surface area contributed by atoms with Crippen LogP contribution in [0.3, 0.4) is 0 Å². The zero-order valence-electron chi connectivity index (χ0n) is 16.3. The fourth-order valence-electron chi connectivity index (χ4n) is 3.51. The summed E-state index contributed by atoms with van der Waals surface area (Å²) in [6.45, 7) is 4.09. The summed E-state index contributed by atoms with van der Waals surface area (Å²) in [5.74, 6) is -0.857. The van der Waals surface area contributed by atoms with Crippen molar-refractivity contribution in [3.05, 3.63) is 35.9 Å². The summed E-state index contributed by atoms with van der Waals surface area (Å²) in [7, 11) is 0. The Bertz CT molecular complexity index is 626. The second kappa shape index (κ2) is 10.7. The summed E-state index contributed by atoms with van der Waals surface area (Å²) in [6.07, 6.45) is 5.59. The fraction of sp³-hybridized carbons (Fsp3) is 0.571. The average molecular weight is 374 g/mol. The highest BCUT2D eigenvalue weighted by Gasteiger charge is 2.25. The Hall–Kier alpha value is -2.37. The molecule has 0 aromatic heterocycles. The number of benzene rings is 1. The van der Waals surface area contributed by atoms with Crippen LogP contribution in [0.5, 0.6) is 0 Å². The lowest BCUT2D eigenvalue weighted by Gasteiger charge is -2.33. The maximum absolute atomic E-state index is 12.4. The van der Waals surface area contributed by atoms with Gasteiger partial charge >= 0.3 is 5.97 Å². The molecule has 148 valence electrons. The SMILES string of the molecule is CCN(C(=O)COC(=O)CC(C)NC(=O)c1ccccc1)C1CCCCC1. The first-order valence-corrected chi connectivity index (χ1v) is 9.82. The average Bonchev–Trinajstić information content (AvgIpc) is 2.68. The first-order valence-electron chi connectivity index (χ1n) is 9.82. The van der Waals surface area contributed by atoms with Crippen LogP contribution in [0.2, 0.25) is 0 Å². The van der Waals surface area contributed by atoms with Crippen molar-refractivity contribution in [2.45, 2.75) is 64.5 Å². The predicted octanol–water partition coefficient (Wildman–Crippen LogP) is 2.92. The monoisotopic (exact) mass is 374 g/mol. The van der Waals surface area contributed by atoms with Crippen molar-refractivity contribution in [3.8, 4) is 0 Å². The van der Waals surface area contributed by atoms with Crippen molar-refractivity contribution < 1.29 is 19.1 Å². The van der Waals surface area contributed by atoms with Gasteiger partial charge in [0.15, 0.2) is 6.61 Å². The number of hydrogen-bond acceptors (Lipinski definition) is 4. The maximum atomic E-state index is 12.4. The quantitative estimate of drug-likeness (QED) is 0.710. The van der Waals surface area contributed by atoms with Crippen LogP contribution in [0.4, 0.5) is 0 Å². The highest BCUT2D eigenvalue weighted by atomic mass is 16.5. The molecule has 1 aromatic carbocycles. The molecule has 0 heterocycles. The molecule has 1 aliphatic rings. The predicted molar refractivity (Wildman–Crippen MR) is 103 cm³/mol. The van der Waals surface area contributed by atoms with Gasteiger partial charge in [0.05, 0.1) is 6.42 Å². The van der Waals surface area contributed by atoms with Gasteiger partial charge in [-0.15, -0.1) is 0 Å². The number of likely N-dealkylation sites (N-methyl/N-ethyl adjacent to an activating group) is 1. The Morgan fingerprint density at radius 1 is 1.15 bits per heavy atom. The van der Waals surface area contributed by atoms with E-state index in [4.69, 9.17) is 4.74 Å². The molecule has 1 fully saturated rings. The molecule has 1 saturated carbocycles. The van der Waals surface area contributed by atoms with Crippen molar-refractivity contribution in [1.29, 1.82) is 0 Å². The van der Waals surface area contributed by atoms with E-state index in [9.17, 15) is 14.4 Å². The highest BCUT2D eigenvalue weighted by Crippen LogP contribution is 2.22. The van der Waals surface area contributed by atoms with Crippen LogP contribution in [-0.4, -0.2) is 47.9 Å². The third-order valence-corrected chi connectivity index (χ3v) is 4.92. The standard InChI is InChI=1S/C21H30N2O4/c1-3-23(18-12-8-5-9-13-18)19(24)15-27-20(25)14-16(2)22-21(26)17-10-6-4-7-11-17/h4,6-7,10-11,16,18H,3,5,8-9,12-15H2,1-2H3,(H,22,26). The number of amides is 2. The molecule has 27 heavy (non-hydrogen) atoms. The molecule has 0 radical (unpaired) electrons. The molecule has 0 aliphatic heterocycles. The van der Waals surface area contributed by atoms with Crippen molar-refractivity contribution in [2.24, 2.45) is 0 Å². The van der Waals surface area contributed by atoms with Crippen LogP contribution in [0, 0.1) is 0 Å². The molecule has 0 saturated heterocycles. The Morgan fingerprint density at radius 2 is 1.81 bits per heavy atom. The molecule has 2 amide bonds. The zero-order valence-corrected chi connectivity index (χ0v) is 16.3. The number of rotatable bonds is 8.